The van der Waals surface area contributed by atoms with E-state index in [0.29, 0.717) is 24.7 Å². The van der Waals surface area contributed by atoms with Gasteiger partial charge in [-0.2, -0.15) is 5.10 Å². The number of nitrogens with one attached hydrogen (secondary N) is 2. The highest BCUT2D eigenvalue weighted by molar-refractivity contribution is 5.90. The highest BCUT2D eigenvalue weighted by Crippen LogP contribution is 2.32. The van der Waals surface area contributed by atoms with Crippen molar-refractivity contribution in [2.45, 2.75) is 25.4 Å². The summed E-state index contributed by atoms with van der Waals surface area (Å²) < 4.78 is 21.3. The number of hydrogen-bond acceptors (Lipinski definition) is 7. The Labute approximate surface area is 232 Å². The van der Waals surface area contributed by atoms with Gasteiger partial charge in [-0.25, -0.2) is 23.8 Å². The fraction of sp³-hybridized carbons (Fsp3) is 0.379. The molecule has 208 valence electrons. The Balaban J connectivity index is 1.28. The molecule has 0 unspecified atom stereocenters. The molecular formula is C29H33FN8O2. The molecule has 2 aromatic heterocycles. The van der Waals surface area contributed by atoms with E-state index in [0.717, 1.165) is 73.5 Å². The summed E-state index contributed by atoms with van der Waals surface area (Å²) in [4.78, 5) is 26.3. The third-order valence-electron chi connectivity index (χ3n) is 7.57. The number of carbonyl (C=O) groups is 1. The van der Waals surface area contributed by atoms with Crippen LogP contribution < -0.4 is 15.5 Å². The first-order chi connectivity index (χ1) is 19.6. The number of ether oxygens (including phenoxy) is 1. The molecule has 2 saturated heterocycles. The summed E-state index contributed by atoms with van der Waals surface area (Å²) in [6, 6.07) is 14.3. The number of piperidine rings is 1. The Morgan fingerprint density at radius 2 is 1.82 bits per heavy atom. The maximum absolute atomic E-state index is 13.7. The molecule has 2 amide bonds. The van der Waals surface area contributed by atoms with Gasteiger partial charge in [-0.05, 0) is 54.8 Å². The van der Waals surface area contributed by atoms with Crippen LogP contribution in [0.25, 0.3) is 22.4 Å². The summed E-state index contributed by atoms with van der Waals surface area (Å²) in [5.74, 6) is 1.29. The van der Waals surface area contributed by atoms with Crippen LogP contribution in [-0.2, 0) is 11.3 Å². The minimum absolute atomic E-state index is 0.195. The smallest absolute Gasteiger partial charge is 0.318 e. The Morgan fingerprint density at radius 1 is 1.05 bits per heavy atom. The van der Waals surface area contributed by atoms with Gasteiger partial charge < -0.3 is 20.3 Å². The maximum atomic E-state index is 13.7. The highest BCUT2D eigenvalue weighted by atomic mass is 19.1. The summed E-state index contributed by atoms with van der Waals surface area (Å²) >= 11 is 0. The van der Waals surface area contributed by atoms with Crippen LogP contribution in [-0.4, -0.2) is 77.1 Å². The molecule has 6 rings (SSSR count). The number of benzene rings is 2. The first-order valence-corrected chi connectivity index (χ1v) is 13.7. The normalized spacial score (nSPS) is 16.8. The van der Waals surface area contributed by atoms with E-state index in [1.54, 1.807) is 19.2 Å². The number of amides is 2. The maximum Gasteiger partial charge on any atom is 0.318 e. The number of hydrogen-bond donors (Lipinski definition) is 2. The lowest BCUT2D eigenvalue weighted by molar-refractivity contribution is 0.122. The number of carbonyl (C=O) groups excluding carboxylic acids is 1. The zero-order chi connectivity index (χ0) is 27.5. The average Bonchev–Trinajstić information content (AvgIpc) is 3.42. The predicted molar refractivity (Wildman–Crippen MR) is 152 cm³/mol. The number of fused-ring (bicyclic) bond motifs is 1. The molecule has 0 saturated carbocycles. The number of morpholine rings is 1. The largest absolute Gasteiger partial charge is 0.378 e. The number of rotatable bonds is 6. The lowest BCUT2D eigenvalue weighted by Crippen LogP contribution is -2.37. The molecule has 0 spiro atoms. The number of aromatic nitrogens is 4. The number of halogens is 1. The Morgan fingerprint density at radius 3 is 2.55 bits per heavy atom. The van der Waals surface area contributed by atoms with Crippen LogP contribution in [0.4, 0.5) is 20.7 Å². The van der Waals surface area contributed by atoms with Gasteiger partial charge in [-0.1, -0.05) is 12.1 Å². The molecule has 0 radical (unpaired) electrons. The van der Waals surface area contributed by atoms with Gasteiger partial charge in [-0.15, -0.1) is 0 Å². The van der Waals surface area contributed by atoms with Crippen molar-refractivity contribution in [2.24, 2.45) is 0 Å². The van der Waals surface area contributed by atoms with Gasteiger partial charge in [0.05, 0.1) is 30.8 Å². The molecule has 4 heterocycles. The van der Waals surface area contributed by atoms with Gasteiger partial charge in [0.1, 0.15) is 11.6 Å². The van der Waals surface area contributed by atoms with Crippen LogP contribution in [0.5, 0.6) is 0 Å². The molecule has 2 aromatic carbocycles. The molecule has 40 heavy (non-hydrogen) atoms. The van der Waals surface area contributed by atoms with Crippen LogP contribution in [0.3, 0.4) is 0 Å². The van der Waals surface area contributed by atoms with E-state index in [2.05, 4.69) is 25.1 Å². The van der Waals surface area contributed by atoms with E-state index in [1.165, 1.54) is 6.07 Å². The molecule has 2 aliphatic heterocycles. The zero-order valence-electron chi connectivity index (χ0n) is 22.5. The van der Waals surface area contributed by atoms with E-state index in [4.69, 9.17) is 19.8 Å². The fourth-order valence-corrected chi connectivity index (χ4v) is 5.44. The second kappa shape index (κ2) is 11.6. The molecule has 2 N–H and O–H groups in total. The Bertz CT molecular complexity index is 1480. The van der Waals surface area contributed by atoms with Gasteiger partial charge in [0.2, 0.25) is 0 Å². The number of nitrogens with zero attached hydrogens (tertiary/aromatic N) is 6. The summed E-state index contributed by atoms with van der Waals surface area (Å²) in [5, 5.41) is 11.1. The summed E-state index contributed by atoms with van der Waals surface area (Å²) in [7, 11) is 1.58. The van der Waals surface area contributed by atoms with Crippen molar-refractivity contribution in [3.63, 3.8) is 0 Å². The van der Waals surface area contributed by atoms with Crippen LogP contribution in [0.15, 0.2) is 54.7 Å². The Kier molecular flexibility index (Phi) is 7.56. The van der Waals surface area contributed by atoms with Gasteiger partial charge >= 0.3 is 6.03 Å². The second-order valence-corrected chi connectivity index (χ2v) is 10.2. The molecule has 10 nitrogen and oxygen atoms in total. The van der Waals surface area contributed by atoms with E-state index < -0.39 is 0 Å². The predicted octanol–water partition coefficient (Wildman–Crippen LogP) is 4.06. The van der Waals surface area contributed by atoms with Gasteiger partial charge in [0.25, 0.3) is 0 Å². The van der Waals surface area contributed by atoms with E-state index >= 15 is 0 Å². The lowest BCUT2D eigenvalue weighted by Gasteiger charge is -2.32. The Hall–Kier alpha value is -4.09. The first-order valence-electron chi connectivity index (χ1n) is 13.7. The van der Waals surface area contributed by atoms with E-state index in [9.17, 15) is 9.18 Å². The summed E-state index contributed by atoms with van der Waals surface area (Å²) in [5.41, 5.74) is 3.36. The van der Waals surface area contributed by atoms with Crippen molar-refractivity contribution in [1.82, 2.24) is 30.0 Å². The number of anilines is 2. The topological polar surface area (TPSA) is 100 Å². The second-order valence-electron chi connectivity index (χ2n) is 10.2. The number of urea groups is 1. The monoisotopic (exact) mass is 544 g/mol. The molecule has 2 aliphatic rings. The van der Waals surface area contributed by atoms with Gasteiger partial charge in [-0.3, -0.25) is 4.90 Å². The molecular weight excluding hydrogens is 511 g/mol. The SMILES string of the molecule is CNC(=O)Nc1ccc(-c2nc(N3CCOCC3)c3cnn(C4CCN(Cc5cccc(F)c5)CC4)c3n2)cc1. The van der Waals surface area contributed by atoms with Crippen molar-refractivity contribution in [1.29, 1.82) is 0 Å². The third kappa shape index (κ3) is 5.61. The fourth-order valence-electron chi connectivity index (χ4n) is 5.44. The molecule has 0 aliphatic carbocycles. The molecule has 11 heteroatoms. The van der Waals surface area contributed by atoms with Crippen molar-refractivity contribution in [3.05, 3.63) is 66.1 Å². The van der Waals surface area contributed by atoms with Gasteiger partial charge in [0, 0.05) is 51.0 Å². The van der Waals surface area contributed by atoms with Crippen LogP contribution in [0.2, 0.25) is 0 Å². The van der Waals surface area contributed by atoms with Crippen LogP contribution in [0.1, 0.15) is 24.4 Å². The molecule has 0 bridgehead atoms. The number of likely N-dealkylation sites (tertiary alicyclic amines) is 1. The third-order valence-corrected chi connectivity index (χ3v) is 7.57. The molecule has 4 aromatic rings. The summed E-state index contributed by atoms with van der Waals surface area (Å²) in [6.45, 7) is 5.35. The van der Waals surface area contributed by atoms with Crippen molar-refractivity contribution >= 4 is 28.6 Å². The molecule has 0 atom stereocenters. The van der Waals surface area contributed by atoms with E-state index in [-0.39, 0.29) is 17.9 Å². The minimum Gasteiger partial charge on any atom is -0.378 e. The van der Waals surface area contributed by atoms with Crippen molar-refractivity contribution in [2.75, 3.05) is 56.7 Å². The summed E-state index contributed by atoms with van der Waals surface area (Å²) in [6.07, 6.45) is 3.75. The van der Waals surface area contributed by atoms with Crippen LogP contribution >= 0.6 is 0 Å². The highest BCUT2D eigenvalue weighted by Gasteiger charge is 2.26. The van der Waals surface area contributed by atoms with Crippen molar-refractivity contribution in [3.8, 4) is 11.4 Å². The average molecular weight is 545 g/mol. The van der Waals surface area contributed by atoms with Gasteiger partial charge in [0.15, 0.2) is 11.5 Å². The minimum atomic E-state index is -0.272. The van der Waals surface area contributed by atoms with Crippen molar-refractivity contribution < 1.29 is 13.9 Å². The first kappa shape index (κ1) is 26.1. The quantitative estimate of drug-likeness (QED) is 0.378. The van der Waals surface area contributed by atoms with E-state index in [1.807, 2.05) is 36.5 Å². The zero-order valence-corrected chi connectivity index (χ0v) is 22.5. The van der Waals surface area contributed by atoms with Crippen LogP contribution in [0, 0.1) is 5.82 Å². The lowest BCUT2D eigenvalue weighted by atomic mass is 10.0. The molecule has 2 fully saturated rings. The standard InChI is InChI=1S/C29H33FN8O2/c1-31-29(39)33-23-7-5-21(6-8-23)26-34-27(37-13-15-40-16-14-37)25-18-32-38(28(25)35-26)24-9-11-36(12-10-24)19-20-3-2-4-22(30)17-20/h2-8,17-18,24H,9-16,19H2,1H3,(H2,31,33,39).